The van der Waals surface area contributed by atoms with Crippen LogP contribution < -0.4 is 11.4 Å². The Bertz CT molecular complexity index is 1520. The van der Waals surface area contributed by atoms with Crippen molar-refractivity contribution in [2.75, 3.05) is 5.73 Å². The van der Waals surface area contributed by atoms with E-state index in [1.165, 1.54) is 21.2 Å². The van der Waals surface area contributed by atoms with Crippen LogP contribution in [0.4, 0.5) is 10.3 Å². The third-order valence-electron chi connectivity index (χ3n) is 5.27. The maximum absolute atomic E-state index is 13.3. The first-order chi connectivity index (χ1) is 15.9. The topological polar surface area (TPSA) is 104 Å². The molecule has 0 radical (unpaired) electrons. The summed E-state index contributed by atoms with van der Waals surface area (Å²) in [5.74, 6) is -0.425. The molecule has 0 aliphatic heterocycles. The lowest BCUT2D eigenvalue weighted by molar-refractivity contribution is 0.609. The van der Waals surface area contributed by atoms with Crippen molar-refractivity contribution in [1.82, 2.24) is 29.1 Å². The fourth-order valence-electron chi connectivity index (χ4n) is 3.91. The summed E-state index contributed by atoms with van der Waals surface area (Å²) in [6.45, 7) is 3.88. The van der Waals surface area contributed by atoms with Gasteiger partial charge in [-0.25, -0.2) is 23.3 Å². The molecule has 8 nitrogen and oxygen atoms in total. The Morgan fingerprint density at radius 2 is 1.70 bits per heavy atom. The molecule has 0 unspecified atom stereocenters. The van der Waals surface area contributed by atoms with E-state index in [4.69, 9.17) is 5.73 Å². The van der Waals surface area contributed by atoms with Crippen LogP contribution in [0.2, 0.25) is 0 Å². The number of hydrogen-bond acceptors (Lipinski definition) is 6. The maximum Gasteiger partial charge on any atom is 0.353 e. The zero-order chi connectivity index (χ0) is 23.1. The minimum absolute atomic E-state index is 0.0263. The van der Waals surface area contributed by atoms with Gasteiger partial charge in [-0.2, -0.15) is 0 Å². The molecule has 0 aliphatic rings. The summed E-state index contributed by atoms with van der Waals surface area (Å²) in [5.41, 5.74) is 11.3. The van der Waals surface area contributed by atoms with Crippen molar-refractivity contribution < 1.29 is 4.39 Å². The second-order valence-electron chi connectivity index (χ2n) is 7.77. The fraction of sp³-hybridized carbons (Fsp3) is 0.125. The first-order valence-electron chi connectivity index (χ1n) is 10.3. The lowest BCUT2D eigenvalue weighted by atomic mass is 9.99. The van der Waals surface area contributed by atoms with Crippen LogP contribution in [0.1, 0.15) is 17.1 Å². The van der Waals surface area contributed by atoms with Crippen molar-refractivity contribution in [2.45, 2.75) is 20.4 Å². The summed E-state index contributed by atoms with van der Waals surface area (Å²) in [4.78, 5) is 26.3. The number of halogens is 1. The molecule has 0 bridgehead atoms. The van der Waals surface area contributed by atoms with E-state index < -0.39 is 11.5 Å². The third-order valence-corrected chi connectivity index (χ3v) is 5.27. The second kappa shape index (κ2) is 7.94. The molecule has 4 aromatic heterocycles. The molecule has 2 N–H and O–H groups in total. The predicted molar refractivity (Wildman–Crippen MR) is 123 cm³/mol. The van der Waals surface area contributed by atoms with Crippen molar-refractivity contribution in [3.63, 3.8) is 0 Å². The molecule has 5 aromatic rings. The molecule has 4 heterocycles. The molecular weight excluding hydrogens is 421 g/mol. The van der Waals surface area contributed by atoms with Gasteiger partial charge >= 0.3 is 5.69 Å². The van der Waals surface area contributed by atoms with Gasteiger partial charge in [-0.05, 0) is 43.7 Å². The highest BCUT2D eigenvalue weighted by atomic mass is 19.1. The SMILES string of the molecule is Cc1cc(-c2c(-c3ccccc3)nc(N)n3c(=O)n(Cc4ccc(F)cn4)nc23)cc(C)n1. The standard InChI is InChI=1S/C24H20FN7O/c1-14-10-17(11-15(2)28-14)20-21(16-6-4-3-5-7-16)29-23(26)32-22(20)30-31(24(32)33)13-19-9-8-18(25)12-27-19/h3-12H,13H2,1-2H3,(H2,26,29). The first kappa shape index (κ1) is 20.5. The lowest BCUT2D eigenvalue weighted by Gasteiger charge is -2.13. The van der Waals surface area contributed by atoms with Gasteiger partial charge in [0.1, 0.15) is 5.82 Å². The lowest BCUT2D eigenvalue weighted by Crippen LogP contribution is -2.24. The van der Waals surface area contributed by atoms with Crippen LogP contribution in [-0.4, -0.2) is 29.1 Å². The molecule has 164 valence electrons. The minimum Gasteiger partial charge on any atom is -0.369 e. The van der Waals surface area contributed by atoms with Crippen LogP contribution in [0.5, 0.6) is 0 Å². The zero-order valence-electron chi connectivity index (χ0n) is 18.0. The van der Waals surface area contributed by atoms with E-state index in [1.54, 1.807) is 0 Å². The number of benzene rings is 1. The summed E-state index contributed by atoms with van der Waals surface area (Å²) in [6, 6.07) is 16.3. The molecule has 0 saturated heterocycles. The number of aryl methyl sites for hydroxylation is 2. The van der Waals surface area contributed by atoms with E-state index in [0.29, 0.717) is 22.6 Å². The van der Waals surface area contributed by atoms with Gasteiger partial charge < -0.3 is 5.73 Å². The fourth-order valence-corrected chi connectivity index (χ4v) is 3.91. The van der Waals surface area contributed by atoms with Gasteiger partial charge in [0.2, 0.25) is 5.95 Å². The number of aromatic nitrogens is 6. The van der Waals surface area contributed by atoms with Gasteiger partial charge in [0.05, 0.1) is 29.7 Å². The summed E-state index contributed by atoms with van der Waals surface area (Å²) < 4.78 is 15.8. The molecule has 0 spiro atoms. The Labute approximate surface area is 188 Å². The number of nitrogen functional groups attached to an aromatic ring is 1. The van der Waals surface area contributed by atoms with Gasteiger partial charge in [0.25, 0.3) is 0 Å². The van der Waals surface area contributed by atoms with Crippen molar-refractivity contribution in [3.05, 3.63) is 94.2 Å². The molecule has 0 saturated carbocycles. The van der Waals surface area contributed by atoms with E-state index in [9.17, 15) is 9.18 Å². The summed E-state index contributed by atoms with van der Waals surface area (Å²) in [6.07, 6.45) is 1.10. The molecule has 9 heteroatoms. The zero-order valence-corrected chi connectivity index (χ0v) is 18.0. The molecule has 0 aliphatic carbocycles. The Hall–Kier alpha value is -4.40. The quantitative estimate of drug-likeness (QED) is 0.458. The number of fused-ring (bicyclic) bond motifs is 1. The van der Waals surface area contributed by atoms with E-state index >= 15 is 0 Å². The van der Waals surface area contributed by atoms with E-state index in [2.05, 4.69) is 20.1 Å². The van der Waals surface area contributed by atoms with Crippen molar-refractivity contribution >= 4 is 11.6 Å². The summed E-state index contributed by atoms with van der Waals surface area (Å²) >= 11 is 0. The second-order valence-corrected chi connectivity index (χ2v) is 7.77. The Morgan fingerprint density at radius 3 is 2.36 bits per heavy atom. The Kier molecular flexibility index (Phi) is 4.93. The molecule has 0 atom stereocenters. The van der Waals surface area contributed by atoms with Crippen LogP contribution in [0.15, 0.2) is 65.6 Å². The number of nitrogens with zero attached hydrogens (tertiary/aromatic N) is 6. The minimum atomic E-state index is -0.454. The molecule has 0 fully saturated rings. The average molecular weight is 441 g/mol. The molecule has 5 rings (SSSR count). The van der Waals surface area contributed by atoms with Gasteiger partial charge in [-0.1, -0.05) is 30.3 Å². The van der Waals surface area contributed by atoms with E-state index in [1.807, 2.05) is 56.3 Å². The van der Waals surface area contributed by atoms with Crippen molar-refractivity contribution in [1.29, 1.82) is 0 Å². The number of hydrogen-bond donors (Lipinski definition) is 1. The third kappa shape index (κ3) is 3.73. The Morgan fingerprint density at radius 1 is 0.970 bits per heavy atom. The highest BCUT2D eigenvalue weighted by Gasteiger charge is 2.22. The Balaban J connectivity index is 1.81. The van der Waals surface area contributed by atoms with Gasteiger partial charge in [-0.3, -0.25) is 9.97 Å². The predicted octanol–water partition coefficient (Wildman–Crippen LogP) is 3.40. The highest BCUT2D eigenvalue weighted by molar-refractivity contribution is 5.90. The smallest absolute Gasteiger partial charge is 0.353 e. The van der Waals surface area contributed by atoms with Crippen LogP contribution in [0.3, 0.4) is 0 Å². The number of rotatable bonds is 4. The van der Waals surface area contributed by atoms with Crippen molar-refractivity contribution in [2.24, 2.45) is 0 Å². The first-order valence-corrected chi connectivity index (χ1v) is 10.3. The van der Waals surface area contributed by atoms with Crippen LogP contribution in [0, 0.1) is 19.7 Å². The van der Waals surface area contributed by atoms with Gasteiger partial charge in [0.15, 0.2) is 5.65 Å². The van der Waals surface area contributed by atoms with Crippen LogP contribution in [0.25, 0.3) is 28.0 Å². The molecular formula is C24H20FN7O. The van der Waals surface area contributed by atoms with E-state index in [-0.39, 0.29) is 12.5 Å². The highest BCUT2D eigenvalue weighted by Crippen LogP contribution is 2.34. The molecule has 1 aromatic carbocycles. The number of anilines is 1. The largest absolute Gasteiger partial charge is 0.369 e. The van der Waals surface area contributed by atoms with Gasteiger partial charge in [0, 0.05) is 17.0 Å². The average Bonchev–Trinajstić information content (AvgIpc) is 3.11. The van der Waals surface area contributed by atoms with Crippen LogP contribution >= 0.6 is 0 Å². The van der Waals surface area contributed by atoms with E-state index in [0.717, 1.165) is 28.7 Å². The summed E-state index contributed by atoms with van der Waals surface area (Å²) in [5, 5.41) is 4.61. The molecule has 33 heavy (non-hydrogen) atoms. The normalized spacial score (nSPS) is 11.2. The van der Waals surface area contributed by atoms with Crippen molar-refractivity contribution in [3.8, 4) is 22.4 Å². The maximum atomic E-state index is 13.3. The number of nitrogens with two attached hydrogens (primary N) is 1. The number of pyridine rings is 2. The van der Waals surface area contributed by atoms with Gasteiger partial charge in [-0.15, -0.1) is 5.10 Å². The summed E-state index contributed by atoms with van der Waals surface area (Å²) in [7, 11) is 0. The molecule has 0 amide bonds. The monoisotopic (exact) mass is 441 g/mol. The van der Waals surface area contributed by atoms with Crippen LogP contribution in [-0.2, 0) is 6.54 Å².